The molecule has 1 aliphatic carbocycles. The van der Waals surface area contributed by atoms with E-state index in [0.717, 1.165) is 10.0 Å². The first-order valence-electron chi connectivity index (χ1n) is 6.77. The molecular formula is C16H14BrClFNO. The molecule has 0 bridgehead atoms. The van der Waals surface area contributed by atoms with Crippen LogP contribution >= 0.6 is 27.5 Å². The molecule has 1 fully saturated rings. The fourth-order valence-electron chi connectivity index (χ4n) is 2.01. The van der Waals surface area contributed by atoms with Gasteiger partial charge in [-0.1, -0.05) is 39.7 Å². The minimum absolute atomic E-state index is 0.227. The number of nitrogens with one attached hydrogen (secondary N) is 1. The highest BCUT2D eigenvalue weighted by atomic mass is 79.9. The van der Waals surface area contributed by atoms with E-state index < -0.39 is 0 Å². The molecule has 1 saturated carbocycles. The van der Waals surface area contributed by atoms with Gasteiger partial charge in [0.25, 0.3) is 0 Å². The quantitative estimate of drug-likeness (QED) is 0.772. The molecule has 0 aromatic heterocycles. The van der Waals surface area contributed by atoms with Crippen molar-refractivity contribution in [2.75, 3.05) is 0 Å². The SMILES string of the molecule is Fc1cccc(CNC2CC2)c1Oc1cc(Br)ccc1Cl. The van der Waals surface area contributed by atoms with Crippen LogP contribution in [0.15, 0.2) is 40.9 Å². The summed E-state index contributed by atoms with van der Waals surface area (Å²) in [6, 6.07) is 10.7. The van der Waals surface area contributed by atoms with Crippen molar-refractivity contribution < 1.29 is 9.13 Å². The Balaban J connectivity index is 1.87. The first-order chi connectivity index (χ1) is 10.1. The van der Waals surface area contributed by atoms with Gasteiger partial charge in [-0.3, -0.25) is 0 Å². The Bertz CT molecular complexity index is 661. The molecule has 2 aromatic carbocycles. The van der Waals surface area contributed by atoms with E-state index in [-0.39, 0.29) is 11.6 Å². The Labute approximate surface area is 136 Å². The van der Waals surface area contributed by atoms with Gasteiger partial charge >= 0.3 is 0 Å². The van der Waals surface area contributed by atoms with Gasteiger partial charge in [0.15, 0.2) is 11.6 Å². The highest BCUT2D eigenvalue weighted by Gasteiger charge is 2.21. The van der Waals surface area contributed by atoms with Crippen molar-refractivity contribution in [1.29, 1.82) is 0 Å². The molecule has 0 aliphatic heterocycles. The standard InChI is InChI=1S/C16H14BrClFNO/c17-11-4-7-13(18)15(8-11)21-16-10(2-1-3-14(16)19)9-20-12-5-6-12/h1-4,7-8,12,20H,5-6,9H2. The molecule has 21 heavy (non-hydrogen) atoms. The number of benzene rings is 2. The Morgan fingerprint density at radius 2 is 2.10 bits per heavy atom. The first-order valence-corrected chi connectivity index (χ1v) is 7.94. The molecule has 2 aromatic rings. The maximum absolute atomic E-state index is 14.1. The van der Waals surface area contributed by atoms with Crippen LogP contribution in [-0.2, 0) is 6.54 Å². The molecule has 0 saturated heterocycles. The smallest absolute Gasteiger partial charge is 0.167 e. The molecule has 1 N–H and O–H groups in total. The molecule has 0 unspecified atom stereocenters. The van der Waals surface area contributed by atoms with E-state index in [2.05, 4.69) is 21.2 Å². The van der Waals surface area contributed by atoms with Gasteiger partial charge < -0.3 is 10.1 Å². The lowest BCUT2D eigenvalue weighted by Gasteiger charge is -2.14. The van der Waals surface area contributed by atoms with Crippen LogP contribution in [0.5, 0.6) is 11.5 Å². The summed E-state index contributed by atoms with van der Waals surface area (Å²) in [4.78, 5) is 0. The van der Waals surface area contributed by atoms with Gasteiger partial charge in [0.2, 0.25) is 0 Å². The fraction of sp³-hybridized carbons (Fsp3) is 0.250. The van der Waals surface area contributed by atoms with Crippen molar-refractivity contribution in [3.63, 3.8) is 0 Å². The van der Waals surface area contributed by atoms with Crippen LogP contribution in [0.4, 0.5) is 4.39 Å². The fourth-order valence-corrected chi connectivity index (χ4v) is 2.51. The van der Waals surface area contributed by atoms with Crippen molar-refractivity contribution in [1.82, 2.24) is 5.32 Å². The van der Waals surface area contributed by atoms with Gasteiger partial charge in [0, 0.05) is 22.6 Å². The molecule has 0 atom stereocenters. The molecular weight excluding hydrogens is 357 g/mol. The molecule has 110 valence electrons. The predicted molar refractivity (Wildman–Crippen MR) is 85.5 cm³/mol. The van der Waals surface area contributed by atoms with E-state index in [9.17, 15) is 4.39 Å². The Kier molecular flexibility index (Phi) is 4.48. The molecule has 5 heteroatoms. The minimum atomic E-state index is -0.388. The normalized spacial score (nSPS) is 14.2. The number of hydrogen-bond donors (Lipinski definition) is 1. The second kappa shape index (κ2) is 6.34. The maximum Gasteiger partial charge on any atom is 0.167 e. The first kappa shape index (κ1) is 14.8. The highest BCUT2D eigenvalue weighted by Crippen LogP contribution is 2.35. The number of halogens is 3. The summed E-state index contributed by atoms with van der Waals surface area (Å²) in [5.41, 5.74) is 0.790. The summed E-state index contributed by atoms with van der Waals surface area (Å²) in [7, 11) is 0. The van der Waals surface area contributed by atoms with Crippen LogP contribution in [0.3, 0.4) is 0 Å². The van der Waals surface area contributed by atoms with Gasteiger partial charge in [-0.25, -0.2) is 4.39 Å². The second-order valence-electron chi connectivity index (χ2n) is 5.06. The number of ether oxygens (including phenoxy) is 1. The van der Waals surface area contributed by atoms with Gasteiger partial charge in [0.05, 0.1) is 5.02 Å². The van der Waals surface area contributed by atoms with Crippen LogP contribution in [0.25, 0.3) is 0 Å². The maximum atomic E-state index is 14.1. The topological polar surface area (TPSA) is 21.3 Å². The van der Waals surface area contributed by atoms with Crippen molar-refractivity contribution in [3.8, 4) is 11.5 Å². The van der Waals surface area contributed by atoms with Crippen LogP contribution in [0, 0.1) is 5.82 Å². The van der Waals surface area contributed by atoms with E-state index in [1.807, 2.05) is 12.1 Å². The van der Waals surface area contributed by atoms with E-state index in [1.54, 1.807) is 18.2 Å². The lowest BCUT2D eigenvalue weighted by molar-refractivity contribution is 0.433. The van der Waals surface area contributed by atoms with E-state index in [1.165, 1.54) is 18.9 Å². The lowest BCUT2D eigenvalue weighted by Crippen LogP contribution is -2.16. The molecule has 2 nitrogen and oxygen atoms in total. The molecule has 0 amide bonds. The summed E-state index contributed by atoms with van der Waals surface area (Å²) in [6.45, 7) is 0.587. The third kappa shape index (κ3) is 3.76. The summed E-state index contributed by atoms with van der Waals surface area (Å²) in [5, 5.41) is 3.81. The summed E-state index contributed by atoms with van der Waals surface area (Å²) in [5.74, 6) is 0.274. The zero-order valence-electron chi connectivity index (χ0n) is 11.2. The average molecular weight is 371 g/mol. The van der Waals surface area contributed by atoms with Gasteiger partial charge in [-0.2, -0.15) is 0 Å². The van der Waals surface area contributed by atoms with Gasteiger partial charge in [-0.05, 0) is 37.1 Å². The zero-order chi connectivity index (χ0) is 14.8. The van der Waals surface area contributed by atoms with E-state index in [0.29, 0.717) is 23.4 Å². The molecule has 1 aliphatic rings. The average Bonchev–Trinajstić information content (AvgIpc) is 3.27. The minimum Gasteiger partial charge on any atom is -0.452 e. The highest BCUT2D eigenvalue weighted by molar-refractivity contribution is 9.10. The monoisotopic (exact) mass is 369 g/mol. The van der Waals surface area contributed by atoms with Crippen molar-refractivity contribution in [2.45, 2.75) is 25.4 Å². The van der Waals surface area contributed by atoms with Crippen molar-refractivity contribution in [2.24, 2.45) is 0 Å². The predicted octanol–water partition coefficient (Wildman–Crippen LogP) is 5.29. The Hall–Kier alpha value is -1.10. The Morgan fingerprint density at radius 1 is 1.29 bits per heavy atom. The van der Waals surface area contributed by atoms with Crippen LogP contribution in [0.1, 0.15) is 18.4 Å². The molecule has 0 spiro atoms. The number of rotatable bonds is 5. The summed E-state index contributed by atoms with van der Waals surface area (Å²) >= 11 is 9.46. The van der Waals surface area contributed by atoms with Gasteiger partial charge in [-0.15, -0.1) is 0 Å². The van der Waals surface area contributed by atoms with E-state index >= 15 is 0 Å². The largest absolute Gasteiger partial charge is 0.452 e. The van der Waals surface area contributed by atoms with Crippen LogP contribution < -0.4 is 10.1 Å². The van der Waals surface area contributed by atoms with E-state index in [4.69, 9.17) is 16.3 Å². The zero-order valence-corrected chi connectivity index (χ0v) is 13.5. The summed E-state index contributed by atoms with van der Waals surface area (Å²) in [6.07, 6.45) is 2.37. The summed E-state index contributed by atoms with van der Waals surface area (Å²) < 4.78 is 20.7. The Morgan fingerprint density at radius 3 is 2.86 bits per heavy atom. The molecule has 0 heterocycles. The van der Waals surface area contributed by atoms with Crippen LogP contribution in [-0.4, -0.2) is 6.04 Å². The number of para-hydroxylation sites is 1. The van der Waals surface area contributed by atoms with Gasteiger partial charge in [0.1, 0.15) is 5.75 Å². The molecule has 0 radical (unpaired) electrons. The lowest BCUT2D eigenvalue weighted by atomic mass is 10.2. The number of hydrogen-bond acceptors (Lipinski definition) is 2. The second-order valence-corrected chi connectivity index (χ2v) is 6.38. The van der Waals surface area contributed by atoms with Crippen molar-refractivity contribution in [3.05, 3.63) is 57.3 Å². The van der Waals surface area contributed by atoms with Crippen LogP contribution in [0.2, 0.25) is 5.02 Å². The van der Waals surface area contributed by atoms with Crippen molar-refractivity contribution >= 4 is 27.5 Å². The third-order valence-corrected chi connectivity index (χ3v) is 4.12. The molecule has 3 rings (SSSR count). The third-order valence-electron chi connectivity index (χ3n) is 3.31.